The van der Waals surface area contributed by atoms with Crippen LogP contribution in [0.25, 0.3) is 0 Å². The van der Waals surface area contributed by atoms with Gasteiger partial charge in [-0.15, -0.1) is 0 Å². The fraction of sp³-hybridized carbons (Fsp3) is 0.364. The van der Waals surface area contributed by atoms with Crippen molar-refractivity contribution in [3.63, 3.8) is 0 Å². The maximum absolute atomic E-state index is 11.4. The normalized spacial score (nSPS) is 24.4. The molecule has 0 aromatic heterocycles. The van der Waals surface area contributed by atoms with E-state index in [1.54, 1.807) is 24.3 Å². The topological polar surface area (TPSA) is 26.3 Å². The minimum Gasteiger partial charge on any atom is -0.426 e. The Morgan fingerprint density at radius 2 is 2.00 bits per heavy atom. The van der Waals surface area contributed by atoms with Crippen LogP contribution in [0.1, 0.15) is 13.3 Å². The van der Waals surface area contributed by atoms with Crippen molar-refractivity contribution in [3.8, 4) is 5.75 Å². The van der Waals surface area contributed by atoms with Gasteiger partial charge >= 0.3 is 5.97 Å². The molecule has 1 aliphatic rings. The molecule has 1 fully saturated rings. The van der Waals surface area contributed by atoms with Crippen LogP contribution >= 0.6 is 11.6 Å². The van der Waals surface area contributed by atoms with Crippen molar-refractivity contribution in [2.24, 2.45) is 11.8 Å². The average Bonchev–Trinajstić information content (AvgIpc) is 2.87. The minimum atomic E-state index is -0.125. The standard InChI is InChI=1S/C11H11ClO2/c1-7-6-10(7)11(13)14-9-4-2-8(12)3-5-9/h2-5,7,10H,6H2,1H3. The number of ether oxygens (including phenoxy) is 1. The van der Waals surface area contributed by atoms with Gasteiger partial charge in [-0.2, -0.15) is 0 Å². The van der Waals surface area contributed by atoms with E-state index in [0.717, 1.165) is 6.42 Å². The molecule has 3 heteroatoms. The monoisotopic (exact) mass is 210 g/mol. The van der Waals surface area contributed by atoms with Crippen LogP contribution in [0, 0.1) is 11.8 Å². The van der Waals surface area contributed by atoms with Crippen molar-refractivity contribution in [1.29, 1.82) is 0 Å². The maximum Gasteiger partial charge on any atom is 0.314 e. The third-order valence-corrected chi connectivity index (χ3v) is 2.70. The molecular formula is C11H11ClO2. The Morgan fingerprint density at radius 3 is 2.50 bits per heavy atom. The second-order valence-corrected chi connectivity index (χ2v) is 4.13. The number of hydrogen-bond acceptors (Lipinski definition) is 2. The van der Waals surface area contributed by atoms with Crippen LogP contribution in [0.2, 0.25) is 5.02 Å². The molecule has 2 atom stereocenters. The van der Waals surface area contributed by atoms with Crippen LogP contribution < -0.4 is 4.74 Å². The molecule has 74 valence electrons. The molecule has 1 aromatic rings. The minimum absolute atomic E-state index is 0.102. The van der Waals surface area contributed by atoms with Crippen LogP contribution in [0.15, 0.2) is 24.3 Å². The van der Waals surface area contributed by atoms with Crippen molar-refractivity contribution in [3.05, 3.63) is 29.3 Å². The van der Waals surface area contributed by atoms with Gasteiger partial charge in [0.1, 0.15) is 5.75 Å². The second kappa shape index (κ2) is 3.62. The molecule has 2 nitrogen and oxygen atoms in total. The number of rotatable bonds is 2. The van der Waals surface area contributed by atoms with Crippen LogP contribution in [-0.4, -0.2) is 5.97 Å². The van der Waals surface area contributed by atoms with E-state index < -0.39 is 0 Å². The molecule has 0 spiro atoms. The van der Waals surface area contributed by atoms with E-state index in [1.807, 2.05) is 6.92 Å². The molecule has 0 saturated heterocycles. The highest BCUT2D eigenvalue weighted by atomic mass is 35.5. The lowest BCUT2D eigenvalue weighted by Gasteiger charge is -2.02. The van der Waals surface area contributed by atoms with Crippen molar-refractivity contribution in [2.75, 3.05) is 0 Å². The molecule has 0 N–H and O–H groups in total. The number of benzene rings is 1. The van der Waals surface area contributed by atoms with Crippen LogP contribution in [0.5, 0.6) is 5.75 Å². The number of carbonyl (C=O) groups is 1. The molecule has 1 saturated carbocycles. The van der Waals surface area contributed by atoms with Gasteiger partial charge in [0.15, 0.2) is 0 Å². The first kappa shape index (κ1) is 9.53. The molecular weight excluding hydrogens is 200 g/mol. The number of halogens is 1. The second-order valence-electron chi connectivity index (χ2n) is 3.69. The van der Waals surface area contributed by atoms with Crippen LogP contribution in [0.3, 0.4) is 0 Å². The van der Waals surface area contributed by atoms with E-state index in [0.29, 0.717) is 16.7 Å². The van der Waals surface area contributed by atoms with Gasteiger partial charge in [-0.25, -0.2) is 0 Å². The quantitative estimate of drug-likeness (QED) is 0.554. The molecule has 2 unspecified atom stereocenters. The Labute approximate surface area is 87.8 Å². The van der Waals surface area contributed by atoms with E-state index in [1.165, 1.54) is 0 Å². The Bertz CT molecular complexity index is 345. The van der Waals surface area contributed by atoms with E-state index >= 15 is 0 Å². The van der Waals surface area contributed by atoms with Crippen molar-refractivity contribution in [2.45, 2.75) is 13.3 Å². The van der Waals surface area contributed by atoms with E-state index in [9.17, 15) is 4.79 Å². The van der Waals surface area contributed by atoms with Crippen molar-refractivity contribution >= 4 is 17.6 Å². The first-order valence-corrected chi connectivity index (χ1v) is 5.02. The smallest absolute Gasteiger partial charge is 0.314 e. The third-order valence-electron chi connectivity index (χ3n) is 2.44. The van der Waals surface area contributed by atoms with Gasteiger partial charge in [-0.3, -0.25) is 4.79 Å². The molecule has 0 radical (unpaired) electrons. The summed E-state index contributed by atoms with van der Waals surface area (Å²) >= 11 is 5.71. The first-order valence-electron chi connectivity index (χ1n) is 4.64. The van der Waals surface area contributed by atoms with Gasteiger partial charge < -0.3 is 4.74 Å². The predicted molar refractivity (Wildman–Crippen MR) is 54.4 cm³/mol. The summed E-state index contributed by atoms with van der Waals surface area (Å²) in [5.74, 6) is 1.03. The number of hydrogen-bond donors (Lipinski definition) is 0. The van der Waals surface area contributed by atoms with E-state index in [2.05, 4.69) is 0 Å². The van der Waals surface area contributed by atoms with Gasteiger partial charge in [0.05, 0.1) is 5.92 Å². The summed E-state index contributed by atoms with van der Waals surface area (Å²) in [6.07, 6.45) is 0.951. The summed E-state index contributed by atoms with van der Waals surface area (Å²) < 4.78 is 5.17. The SMILES string of the molecule is CC1CC1C(=O)Oc1ccc(Cl)cc1. The fourth-order valence-electron chi connectivity index (χ4n) is 1.34. The van der Waals surface area contributed by atoms with Gasteiger partial charge in [0.2, 0.25) is 0 Å². The Morgan fingerprint density at radius 1 is 1.43 bits per heavy atom. The van der Waals surface area contributed by atoms with Gasteiger partial charge in [-0.05, 0) is 36.6 Å². The van der Waals surface area contributed by atoms with Gasteiger partial charge in [-0.1, -0.05) is 18.5 Å². The Balaban J connectivity index is 1.97. The van der Waals surface area contributed by atoms with E-state index in [4.69, 9.17) is 16.3 Å². The summed E-state index contributed by atoms with van der Waals surface area (Å²) in [4.78, 5) is 11.4. The molecule has 2 rings (SSSR count). The largest absolute Gasteiger partial charge is 0.426 e. The first-order chi connectivity index (χ1) is 6.66. The summed E-state index contributed by atoms with van der Waals surface area (Å²) in [5.41, 5.74) is 0. The highest BCUT2D eigenvalue weighted by Crippen LogP contribution is 2.38. The molecule has 1 aliphatic carbocycles. The summed E-state index contributed by atoms with van der Waals surface area (Å²) in [6.45, 7) is 2.05. The Hall–Kier alpha value is -1.02. The zero-order chi connectivity index (χ0) is 10.1. The van der Waals surface area contributed by atoms with E-state index in [-0.39, 0.29) is 11.9 Å². The summed E-state index contributed by atoms with van der Waals surface area (Å²) in [6, 6.07) is 6.82. The van der Waals surface area contributed by atoms with Gasteiger partial charge in [0, 0.05) is 5.02 Å². The maximum atomic E-state index is 11.4. The molecule has 1 aromatic carbocycles. The lowest BCUT2D eigenvalue weighted by atomic mass is 10.3. The summed E-state index contributed by atoms with van der Waals surface area (Å²) in [7, 11) is 0. The number of esters is 1. The zero-order valence-corrected chi connectivity index (χ0v) is 8.62. The molecule has 14 heavy (non-hydrogen) atoms. The molecule has 0 bridgehead atoms. The number of carbonyl (C=O) groups excluding carboxylic acids is 1. The lowest BCUT2D eigenvalue weighted by Crippen LogP contribution is -2.10. The molecule has 0 amide bonds. The van der Waals surface area contributed by atoms with Crippen molar-refractivity contribution < 1.29 is 9.53 Å². The Kier molecular flexibility index (Phi) is 2.46. The van der Waals surface area contributed by atoms with Crippen LogP contribution in [-0.2, 0) is 4.79 Å². The average molecular weight is 211 g/mol. The predicted octanol–water partition coefficient (Wildman–Crippen LogP) is 2.90. The zero-order valence-electron chi connectivity index (χ0n) is 7.87. The molecule has 0 aliphatic heterocycles. The lowest BCUT2D eigenvalue weighted by molar-refractivity contribution is -0.136. The highest BCUT2D eigenvalue weighted by molar-refractivity contribution is 6.30. The van der Waals surface area contributed by atoms with Gasteiger partial charge in [0.25, 0.3) is 0 Å². The van der Waals surface area contributed by atoms with Crippen LogP contribution in [0.4, 0.5) is 0 Å². The highest BCUT2D eigenvalue weighted by Gasteiger charge is 2.40. The molecule has 0 heterocycles. The fourth-order valence-corrected chi connectivity index (χ4v) is 1.47. The summed E-state index contributed by atoms with van der Waals surface area (Å²) in [5, 5.41) is 0.643. The third kappa shape index (κ3) is 2.07. The van der Waals surface area contributed by atoms with Crippen molar-refractivity contribution in [1.82, 2.24) is 0 Å².